The summed E-state index contributed by atoms with van der Waals surface area (Å²) >= 11 is 0. The summed E-state index contributed by atoms with van der Waals surface area (Å²) in [6, 6.07) is 14.0. The van der Waals surface area contributed by atoms with Crippen LogP contribution in [0.4, 0.5) is 10.5 Å². The number of hydrogen-bond donors (Lipinski definition) is 5. The number of carbonyl (C=O) groups excluding carboxylic acids is 4. The van der Waals surface area contributed by atoms with Crippen LogP contribution in [0.25, 0.3) is 0 Å². The third-order valence-corrected chi connectivity index (χ3v) is 7.03. The van der Waals surface area contributed by atoms with Crippen molar-refractivity contribution in [2.24, 2.45) is 0 Å². The Hall–Kier alpha value is -4.41. The van der Waals surface area contributed by atoms with Gasteiger partial charge in [-0.3, -0.25) is 24.5 Å². The van der Waals surface area contributed by atoms with E-state index in [0.29, 0.717) is 24.2 Å². The molecule has 11 heteroatoms. The van der Waals surface area contributed by atoms with Crippen LogP contribution in [0, 0.1) is 0 Å². The molecule has 0 bridgehead atoms. The summed E-state index contributed by atoms with van der Waals surface area (Å²) in [6.45, 7) is 4.21. The third-order valence-electron chi connectivity index (χ3n) is 7.03. The van der Waals surface area contributed by atoms with E-state index in [1.807, 2.05) is 37.3 Å². The lowest BCUT2D eigenvalue weighted by Gasteiger charge is -2.34. The normalized spacial score (nSPS) is 16.1. The second kappa shape index (κ2) is 15.4. The van der Waals surface area contributed by atoms with Gasteiger partial charge in [0.1, 0.15) is 12.1 Å². The van der Waals surface area contributed by atoms with E-state index < -0.39 is 30.0 Å². The quantitative estimate of drug-likeness (QED) is 0.266. The molecule has 220 valence electrons. The Balaban J connectivity index is 1.60. The van der Waals surface area contributed by atoms with Crippen molar-refractivity contribution in [1.82, 2.24) is 20.9 Å². The van der Waals surface area contributed by atoms with Crippen LogP contribution in [0.2, 0.25) is 0 Å². The topological polar surface area (TPSA) is 157 Å². The molecule has 0 aliphatic carbocycles. The predicted octanol–water partition coefficient (Wildman–Crippen LogP) is 2.81. The van der Waals surface area contributed by atoms with Gasteiger partial charge in [0.05, 0.1) is 6.42 Å². The van der Waals surface area contributed by atoms with Gasteiger partial charge in [0.2, 0.25) is 23.6 Å². The van der Waals surface area contributed by atoms with Crippen LogP contribution in [-0.2, 0) is 32.1 Å². The van der Waals surface area contributed by atoms with Gasteiger partial charge in [-0.05, 0) is 62.8 Å². The van der Waals surface area contributed by atoms with Gasteiger partial charge in [-0.15, -0.1) is 0 Å². The number of aryl methyl sites for hydroxylation is 1. The highest BCUT2D eigenvalue weighted by Gasteiger charge is 2.30. The minimum Gasteiger partial charge on any atom is -0.465 e. The molecule has 1 fully saturated rings. The number of benzene rings is 2. The number of anilines is 1. The minimum atomic E-state index is -1.20. The van der Waals surface area contributed by atoms with Crippen LogP contribution in [-0.4, -0.2) is 64.4 Å². The van der Waals surface area contributed by atoms with Gasteiger partial charge in [0, 0.05) is 31.2 Å². The molecule has 3 unspecified atom stereocenters. The average molecular weight is 566 g/mol. The van der Waals surface area contributed by atoms with Crippen molar-refractivity contribution in [2.75, 3.05) is 11.9 Å². The van der Waals surface area contributed by atoms with Crippen LogP contribution in [0.3, 0.4) is 0 Å². The zero-order chi connectivity index (χ0) is 29.8. The molecule has 1 aliphatic rings. The zero-order valence-corrected chi connectivity index (χ0v) is 23.5. The summed E-state index contributed by atoms with van der Waals surface area (Å²) in [6.07, 6.45) is 2.05. The maximum Gasteiger partial charge on any atom is 0.409 e. The van der Waals surface area contributed by atoms with Crippen LogP contribution < -0.4 is 21.3 Å². The number of likely N-dealkylation sites (tertiary alicyclic amines) is 1. The van der Waals surface area contributed by atoms with E-state index in [-0.39, 0.29) is 37.2 Å². The fourth-order valence-electron chi connectivity index (χ4n) is 4.74. The van der Waals surface area contributed by atoms with Gasteiger partial charge in [0.25, 0.3) is 0 Å². The molecular formula is C30H39N5O6. The monoisotopic (exact) mass is 565 g/mol. The molecular weight excluding hydrogens is 526 g/mol. The number of nitrogens with zero attached hydrogens (tertiary/aromatic N) is 1. The Bertz CT molecular complexity index is 1220. The van der Waals surface area contributed by atoms with Gasteiger partial charge in [-0.25, -0.2) is 4.79 Å². The second-order valence-electron chi connectivity index (χ2n) is 10.3. The largest absolute Gasteiger partial charge is 0.465 e. The highest BCUT2D eigenvalue weighted by Crippen LogP contribution is 2.18. The number of piperidine rings is 1. The number of rotatable bonds is 12. The number of amides is 5. The SMILES string of the molecule is CC(NC(=O)C(CC(=O)N1CCCCC1C)NC(=O)CCc1ccccc1)C(=O)NCc1cccc(NC(=O)O)c1. The maximum atomic E-state index is 13.2. The predicted molar refractivity (Wildman–Crippen MR) is 154 cm³/mol. The Morgan fingerprint density at radius 2 is 1.68 bits per heavy atom. The lowest BCUT2D eigenvalue weighted by Crippen LogP contribution is -2.54. The van der Waals surface area contributed by atoms with E-state index in [9.17, 15) is 24.0 Å². The van der Waals surface area contributed by atoms with Gasteiger partial charge in [0.15, 0.2) is 0 Å². The fourth-order valence-corrected chi connectivity index (χ4v) is 4.74. The minimum absolute atomic E-state index is 0.0580. The van der Waals surface area contributed by atoms with E-state index >= 15 is 0 Å². The molecule has 41 heavy (non-hydrogen) atoms. The zero-order valence-electron chi connectivity index (χ0n) is 23.5. The van der Waals surface area contributed by atoms with Crippen LogP contribution in [0.5, 0.6) is 0 Å². The Morgan fingerprint density at radius 3 is 2.39 bits per heavy atom. The van der Waals surface area contributed by atoms with Gasteiger partial charge in [-0.1, -0.05) is 42.5 Å². The van der Waals surface area contributed by atoms with E-state index in [1.54, 1.807) is 29.2 Å². The summed E-state index contributed by atoms with van der Waals surface area (Å²) in [4.78, 5) is 64.5. The molecule has 3 atom stereocenters. The first-order valence-electron chi connectivity index (χ1n) is 13.9. The Morgan fingerprint density at radius 1 is 0.951 bits per heavy atom. The fraction of sp³-hybridized carbons (Fsp3) is 0.433. The maximum absolute atomic E-state index is 13.2. The lowest BCUT2D eigenvalue weighted by molar-refractivity contribution is -0.139. The van der Waals surface area contributed by atoms with Gasteiger partial charge < -0.3 is 26.0 Å². The van der Waals surface area contributed by atoms with Crippen molar-refractivity contribution < 1.29 is 29.1 Å². The summed E-state index contributed by atoms with van der Waals surface area (Å²) in [5.41, 5.74) is 2.01. The average Bonchev–Trinajstić information content (AvgIpc) is 2.95. The second-order valence-corrected chi connectivity index (χ2v) is 10.3. The van der Waals surface area contributed by atoms with Crippen LogP contribution in [0.1, 0.15) is 57.1 Å². The molecule has 3 rings (SSSR count). The molecule has 5 amide bonds. The van der Waals surface area contributed by atoms with Gasteiger partial charge >= 0.3 is 6.09 Å². The first-order chi connectivity index (χ1) is 19.6. The van der Waals surface area contributed by atoms with Crippen LogP contribution >= 0.6 is 0 Å². The van der Waals surface area contributed by atoms with E-state index in [2.05, 4.69) is 21.3 Å². The molecule has 5 N–H and O–H groups in total. The summed E-state index contributed by atoms with van der Waals surface area (Å²) < 4.78 is 0. The molecule has 1 heterocycles. The van der Waals surface area contributed by atoms with Crippen molar-refractivity contribution in [1.29, 1.82) is 0 Å². The molecule has 0 spiro atoms. The highest BCUT2D eigenvalue weighted by atomic mass is 16.4. The lowest BCUT2D eigenvalue weighted by atomic mass is 10.0. The highest BCUT2D eigenvalue weighted by molar-refractivity contribution is 5.95. The molecule has 2 aromatic rings. The smallest absolute Gasteiger partial charge is 0.409 e. The number of carbonyl (C=O) groups is 5. The standard InChI is InChI=1S/C30H39N5O6/c1-20-9-6-7-16-35(20)27(37)18-25(34-26(36)15-14-22-10-4-3-5-11-22)29(39)32-21(2)28(38)31-19-23-12-8-13-24(17-23)33-30(40)41/h3-5,8,10-13,17,20-21,25,33H,6-7,9,14-16,18-19H2,1-2H3,(H,31,38)(H,32,39)(H,34,36)(H,40,41). The van der Waals surface area contributed by atoms with Crippen molar-refractivity contribution in [3.63, 3.8) is 0 Å². The van der Waals surface area contributed by atoms with Crippen molar-refractivity contribution in [2.45, 2.75) is 77.0 Å². The molecule has 0 saturated carbocycles. The number of carboxylic acid groups (broad SMARTS) is 1. The summed E-state index contributed by atoms with van der Waals surface area (Å²) in [7, 11) is 0. The number of hydrogen-bond acceptors (Lipinski definition) is 5. The Labute approximate surface area is 240 Å². The molecule has 2 aromatic carbocycles. The van der Waals surface area contributed by atoms with Crippen molar-refractivity contribution in [3.05, 3.63) is 65.7 Å². The molecule has 11 nitrogen and oxygen atoms in total. The molecule has 0 aromatic heterocycles. The number of nitrogens with one attached hydrogen (secondary N) is 4. The van der Waals surface area contributed by atoms with E-state index in [0.717, 1.165) is 24.8 Å². The summed E-state index contributed by atoms with van der Waals surface area (Å²) in [5.74, 6) is -1.67. The van der Waals surface area contributed by atoms with Crippen LogP contribution in [0.15, 0.2) is 54.6 Å². The summed E-state index contributed by atoms with van der Waals surface area (Å²) in [5, 5.41) is 19.2. The van der Waals surface area contributed by atoms with E-state index in [4.69, 9.17) is 5.11 Å². The Kier molecular flexibility index (Phi) is 11.7. The van der Waals surface area contributed by atoms with Crippen molar-refractivity contribution in [3.8, 4) is 0 Å². The van der Waals surface area contributed by atoms with E-state index in [1.165, 1.54) is 6.92 Å². The first kappa shape index (κ1) is 31.1. The van der Waals surface area contributed by atoms with Crippen molar-refractivity contribution >= 4 is 35.4 Å². The molecule has 1 aliphatic heterocycles. The third kappa shape index (κ3) is 10.3. The van der Waals surface area contributed by atoms with Gasteiger partial charge in [-0.2, -0.15) is 0 Å². The molecule has 0 radical (unpaired) electrons. The molecule has 1 saturated heterocycles. The first-order valence-corrected chi connectivity index (χ1v) is 13.9.